The van der Waals surface area contributed by atoms with Gasteiger partial charge in [-0.3, -0.25) is 4.79 Å². The van der Waals surface area contributed by atoms with Crippen molar-refractivity contribution in [2.75, 3.05) is 27.4 Å². The fraction of sp³-hybridized carbons (Fsp3) is 0.417. The van der Waals surface area contributed by atoms with E-state index in [2.05, 4.69) is 36.2 Å². The van der Waals surface area contributed by atoms with Crippen LogP contribution < -0.4 is 14.8 Å². The molecule has 1 fully saturated rings. The summed E-state index contributed by atoms with van der Waals surface area (Å²) in [5.74, 6) is 0.478. The fourth-order valence-corrected chi connectivity index (χ4v) is 7.72. The van der Waals surface area contributed by atoms with E-state index in [1.807, 2.05) is 36.4 Å². The molecule has 4 rings (SSSR count). The Labute approximate surface area is 268 Å². The van der Waals surface area contributed by atoms with Crippen molar-refractivity contribution >= 4 is 15.9 Å². The average molecular weight is 635 g/mol. The second-order valence-electron chi connectivity index (χ2n) is 11.5. The average Bonchev–Trinajstić information content (AvgIpc) is 3.49. The SMILES string of the molecule is C=CCOC1CC(C(=O)NC(CCCc2ccccc2)CCCc2ccccc2)N(S(=O)(=O)c2cc(C)c(OC)c(OC)c2)C1. The van der Waals surface area contributed by atoms with Gasteiger partial charge in [0.25, 0.3) is 0 Å². The van der Waals surface area contributed by atoms with Crippen molar-refractivity contribution in [2.24, 2.45) is 0 Å². The first-order valence-corrected chi connectivity index (χ1v) is 17.1. The molecular formula is C36H46N2O6S. The van der Waals surface area contributed by atoms with Gasteiger partial charge < -0.3 is 19.5 Å². The third-order valence-corrected chi connectivity index (χ3v) is 10.1. The number of sulfonamides is 1. The molecule has 1 amide bonds. The first kappa shape index (κ1) is 34.2. The van der Waals surface area contributed by atoms with E-state index in [1.165, 1.54) is 35.7 Å². The molecule has 2 unspecified atom stereocenters. The molecule has 1 N–H and O–H groups in total. The monoisotopic (exact) mass is 634 g/mol. The van der Waals surface area contributed by atoms with Gasteiger partial charge in [-0.05, 0) is 68.2 Å². The molecule has 9 heteroatoms. The first-order chi connectivity index (χ1) is 21.8. The van der Waals surface area contributed by atoms with Crippen molar-refractivity contribution < 1.29 is 27.4 Å². The Kier molecular flexibility index (Phi) is 12.6. The number of nitrogens with one attached hydrogen (secondary N) is 1. The molecule has 0 spiro atoms. The topological polar surface area (TPSA) is 94.2 Å². The van der Waals surface area contributed by atoms with Crippen molar-refractivity contribution in [2.45, 2.75) is 75.0 Å². The summed E-state index contributed by atoms with van der Waals surface area (Å²) in [6.07, 6.45) is 6.65. The van der Waals surface area contributed by atoms with Crippen LogP contribution in [0, 0.1) is 6.92 Å². The number of benzene rings is 3. The predicted molar refractivity (Wildman–Crippen MR) is 177 cm³/mol. The van der Waals surface area contributed by atoms with E-state index in [0.717, 1.165) is 38.5 Å². The molecule has 45 heavy (non-hydrogen) atoms. The minimum absolute atomic E-state index is 0.0436. The second kappa shape index (κ2) is 16.6. The van der Waals surface area contributed by atoms with Crippen molar-refractivity contribution in [3.63, 3.8) is 0 Å². The maximum atomic E-state index is 14.1. The minimum atomic E-state index is -4.08. The van der Waals surface area contributed by atoms with E-state index < -0.39 is 22.2 Å². The van der Waals surface area contributed by atoms with E-state index >= 15 is 0 Å². The fourth-order valence-electron chi connectivity index (χ4n) is 5.99. The Hall–Kier alpha value is -3.66. The Morgan fingerprint density at radius 3 is 2.11 bits per heavy atom. The van der Waals surface area contributed by atoms with Crippen LogP contribution in [-0.4, -0.2) is 64.2 Å². The molecule has 0 aliphatic carbocycles. The molecular weight excluding hydrogens is 588 g/mol. The molecule has 8 nitrogen and oxygen atoms in total. The Morgan fingerprint density at radius 1 is 0.978 bits per heavy atom. The van der Waals surface area contributed by atoms with Gasteiger partial charge in [-0.2, -0.15) is 4.31 Å². The third kappa shape index (κ3) is 9.19. The highest BCUT2D eigenvalue weighted by Gasteiger charge is 2.45. The van der Waals surface area contributed by atoms with Crippen molar-refractivity contribution in [3.8, 4) is 11.5 Å². The molecule has 242 valence electrons. The van der Waals surface area contributed by atoms with Gasteiger partial charge in [0.1, 0.15) is 6.04 Å². The van der Waals surface area contributed by atoms with Gasteiger partial charge in [0.05, 0.1) is 31.8 Å². The van der Waals surface area contributed by atoms with Gasteiger partial charge in [-0.25, -0.2) is 8.42 Å². The van der Waals surface area contributed by atoms with Crippen molar-refractivity contribution in [3.05, 3.63) is 102 Å². The maximum absolute atomic E-state index is 14.1. The number of rotatable bonds is 17. The number of methoxy groups -OCH3 is 2. The Bertz CT molecular complexity index is 1450. The smallest absolute Gasteiger partial charge is 0.244 e. The largest absolute Gasteiger partial charge is 0.493 e. The van der Waals surface area contributed by atoms with E-state index in [-0.39, 0.29) is 36.4 Å². The van der Waals surface area contributed by atoms with E-state index in [1.54, 1.807) is 19.1 Å². The quantitative estimate of drug-likeness (QED) is 0.187. The summed E-state index contributed by atoms with van der Waals surface area (Å²) in [6, 6.07) is 22.6. The number of carbonyl (C=O) groups excluding carboxylic acids is 1. The zero-order chi connectivity index (χ0) is 32.2. The Balaban J connectivity index is 1.54. The number of hydrogen-bond donors (Lipinski definition) is 1. The Morgan fingerprint density at radius 2 is 1.58 bits per heavy atom. The van der Waals surface area contributed by atoms with Crippen LogP contribution >= 0.6 is 0 Å². The number of ether oxygens (including phenoxy) is 3. The summed E-state index contributed by atoms with van der Waals surface area (Å²) in [7, 11) is -1.10. The molecule has 0 saturated carbocycles. The van der Waals surface area contributed by atoms with Crippen LogP contribution in [0.25, 0.3) is 0 Å². The van der Waals surface area contributed by atoms with Gasteiger partial charge in [-0.15, -0.1) is 6.58 Å². The van der Waals surface area contributed by atoms with Crippen LogP contribution in [0.4, 0.5) is 0 Å². The summed E-state index contributed by atoms with van der Waals surface area (Å²) in [4.78, 5) is 14.0. The third-order valence-electron chi connectivity index (χ3n) is 8.28. The first-order valence-electron chi connectivity index (χ1n) is 15.6. The lowest BCUT2D eigenvalue weighted by Crippen LogP contribution is -2.48. The van der Waals surface area contributed by atoms with E-state index in [0.29, 0.717) is 17.1 Å². The maximum Gasteiger partial charge on any atom is 0.244 e. The summed E-state index contributed by atoms with van der Waals surface area (Å²) in [5.41, 5.74) is 3.13. The molecule has 0 bridgehead atoms. The van der Waals surface area contributed by atoms with Crippen LogP contribution in [0.5, 0.6) is 11.5 Å². The molecule has 0 radical (unpaired) electrons. The predicted octanol–water partition coefficient (Wildman–Crippen LogP) is 5.88. The molecule has 0 aromatic heterocycles. The lowest BCUT2D eigenvalue weighted by atomic mass is 9.98. The lowest BCUT2D eigenvalue weighted by molar-refractivity contribution is -0.125. The van der Waals surface area contributed by atoms with E-state index in [4.69, 9.17) is 14.2 Å². The van der Waals surface area contributed by atoms with Crippen molar-refractivity contribution in [1.29, 1.82) is 0 Å². The van der Waals surface area contributed by atoms with Gasteiger partial charge in [0, 0.05) is 25.1 Å². The number of amides is 1. The van der Waals surface area contributed by atoms with E-state index in [9.17, 15) is 13.2 Å². The van der Waals surface area contributed by atoms with Gasteiger partial charge in [0.2, 0.25) is 15.9 Å². The number of nitrogens with zero attached hydrogens (tertiary/aromatic N) is 1. The zero-order valence-corrected chi connectivity index (χ0v) is 27.4. The minimum Gasteiger partial charge on any atom is -0.493 e. The molecule has 3 aromatic carbocycles. The highest BCUT2D eigenvalue weighted by Crippen LogP contribution is 2.36. The van der Waals surface area contributed by atoms with Gasteiger partial charge in [-0.1, -0.05) is 66.7 Å². The van der Waals surface area contributed by atoms with Gasteiger partial charge in [0.15, 0.2) is 11.5 Å². The summed E-state index contributed by atoms with van der Waals surface area (Å²) < 4.78 is 46.2. The van der Waals surface area contributed by atoms with Gasteiger partial charge >= 0.3 is 0 Å². The van der Waals surface area contributed by atoms with Crippen LogP contribution in [0.2, 0.25) is 0 Å². The second-order valence-corrected chi connectivity index (χ2v) is 13.4. The molecule has 2 atom stereocenters. The standard InChI is InChI=1S/C36H46N2O6S/c1-5-22-44-31-24-33(38(26-31)45(40,41)32-23-27(2)35(43-4)34(25-32)42-3)36(39)37-30(20-12-18-28-14-8-6-9-15-28)21-13-19-29-16-10-7-11-17-29/h5-11,14-17,23,25,30-31,33H,1,12-13,18-22,24,26H2,2-4H3,(H,37,39). The van der Waals surface area contributed by atoms with Crippen LogP contribution in [-0.2, 0) is 32.4 Å². The van der Waals surface area contributed by atoms with Crippen LogP contribution in [0.1, 0.15) is 48.8 Å². The number of aryl methyl sites for hydroxylation is 3. The lowest BCUT2D eigenvalue weighted by Gasteiger charge is -2.26. The summed E-state index contributed by atoms with van der Waals surface area (Å²) in [6.45, 7) is 5.81. The molecule has 1 saturated heterocycles. The van der Waals surface area contributed by atoms with Crippen molar-refractivity contribution in [1.82, 2.24) is 9.62 Å². The molecule has 3 aromatic rings. The summed E-state index contributed by atoms with van der Waals surface area (Å²) in [5, 5.41) is 3.25. The highest BCUT2D eigenvalue weighted by molar-refractivity contribution is 7.89. The normalized spacial score (nSPS) is 16.9. The van der Waals surface area contributed by atoms with Crippen LogP contribution in [0.15, 0.2) is 90.3 Å². The summed E-state index contributed by atoms with van der Waals surface area (Å²) >= 11 is 0. The van der Waals surface area contributed by atoms with Crippen LogP contribution in [0.3, 0.4) is 0 Å². The molecule has 1 aliphatic heterocycles. The number of carbonyl (C=O) groups is 1. The highest BCUT2D eigenvalue weighted by atomic mass is 32.2. The number of hydrogen-bond acceptors (Lipinski definition) is 6. The molecule has 1 aliphatic rings. The molecule has 1 heterocycles. The zero-order valence-electron chi connectivity index (χ0n) is 26.6.